The van der Waals surface area contributed by atoms with Crippen LogP contribution in [0.25, 0.3) is 0 Å². The molecule has 0 aliphatic carbocycles. The molecule has 130 valence electrons. The number of rotatable bonds is 11. The summed E-state index contributed by atoms with van der Waals surface area (Å²) in [7, 11) is 1.74. The Labute approximate surface area is 137 Å². The highest BCUT2D eigenvalue weighted by atomic mass is 16.3. The number of aliphatic hydroxyl groups is 1. The lowest BCUT2D eigenvalue weighted by atomic mass is 10.1. The molecule has 0 aromatic carbocycles. The lowest BCUT2D eigenvalue weighted by Crippen LogP contribution is -2.42. The maximum absolute atomic E-state index is 12.0. The molecule has 2 atom stereocenters. The SMILES string of the molecule is CCCCCCCC(=O)N[C@H](CC(N)=O)C(O)c1nccn1C. The standard InChI is InChI=1S/C16H28N4O3/c1-3-4-5-6-7-8-14(22)19-12(11-13(17)21)15(23)16-18-9-10-20(16)2/h9-10,12,15,23H,3-8,11H2,1-2H3,(H2,17,21)(H,19,22)/t12-,15?/m1/s1. The van der Waals surface area contributed by atoms with E-state index in [-0.39, 0.29) is 12.3 Å². The zero-order valence-electron chi connectivity index (χ0n) is 14.0. The van der Waals surface area contributed by atoms with E-state index < -0.39 is 18.1 Å². The predicted molar refractivity (Wildman–Crippen MR) is 87.3 cm³/mol. The lowest BCUT2D eigenvalue weighted by molar-refractivity contribution is -0.124. The summed E-state index contributed by atoms with van der Waals surface area (Å²) in [5.74, 6) is -0.369. The molecule has 0 bridgehead atoms. The Balaban J connectivity index is 2.55. The molecule has 4 N–H and O–H groups in total. The number of aromatic nitrogens is 2. The molecule has 7 nitrogen and oxygen atoms in total. The summed E-state index contributed by atoms with van der Waals surface area (Å²) in [5.41, 5.74) is 5.22. The van der Waals surface area contributed by atoms with E-state index in [0.29, 0.717) is 12.2 Å². The van der Waals surface area contributed by atoms with Crippen LogP contribution in [0.1, 0.15) is 63.8 Å². The van der Waals surface area contributed by atoms with Crippen LogP contribution in [0.3, 0.4) is 0 Å². The van der Waals surface area contributed by atoms with Crippen molar-refractivity contribution in [2.24, 2.45) is 12.8 Å². The fourth-order valence-corrected chi connectivity index (χ4v) is 2.47. The lowest BCUT2D eigenvalue weighted by Gasteiger charge is -2.23. The van der Waals surface area contributed by atoms with Crippen LogP contribution in [-0.4, -0.2) is 32.5 Å². The largest absolute Gasteiger partial charge is 0.383 e. The zero-order valence-corrected chi connectivity index (χ0v) is 14.0. The smallest absolute Gasteiger partial charge is 0.220 e. The quantitative estimate of drug-likeness (QED) is 0.531. The summed E-state index contributed by atoms with van der Waals surface area (Å²) in [6, 6.07) is -0.767. The Kier molecular flexibility index (Phi) is 8.32. The summed E-state index contributed by atoms with van der Waals surface area (Å²) in [6.07, 6.45) is 7.66. The molecule has 23 heavy (non-hydrogen) atoms. The Bertz CT molecular complexity index is 501. The number of aryl methyl sites for hydroxylation is 1. The van der Waals surface area contributed by atoms with Gasteiger partial charge in [-0.25, -0.2) is 4.98 Å². The summed E-state index contributed by atoms with van der Waals surface area (Å²) in [4.78, 5) is 27.3. The van der Waals surface area contributed by atoms with Crippen molar-refractivity contribution in [2.45, 2.75) is 64.0 Å². The van der Waals surface area contributed by atoms with Crippen molar-refractivity contribution in [3.05, 3.63) is 18.2 Å². The van der Waals surface area contributed by atoms with Crippen LogP contribution in [0.15, 0.2) is 12.4 Å². The molecule has 1 heterocycles. The number of aliphatic hydroxyl groups excluding tert-OH is 1. The summed E-state index contributed by atoms with van der Waals surface area (Å²) in [5, 5.41) is 13.1. The van der Waals surface area contributed by atoms with E-state index in [0.717, 1.165) is 25.7 Å². The second kappa shape index (κ2) is 9.99. The van der Waals surface area contributed by atoms with Crippen LogP contribution in [-0.2, 0) is 16.6 Å². The van der Waals surface area contributed by atoms with Gasteiger partial charge in [-0.05, 0) is 6.42 Å². The fraction of sp³-hybridized carbons (Fsp3) is 0.688. The summed E-state index contributed by atoms with van der Waals surface area (Å²) >= 11 is 0. The molecule has 2 amide bonds. The highest BCUT2D eigenvalue weighted by Gasteiger charge is 2.27. The number of carbonyl (C=O) groups excluding carboxylic acids is 2. The Hall–Kier alpha value is -1.89. The molecule has 7 heteroatoms. The van der Waals surface area contributed by atoms with Crippen molar-refractivity contribution >= 4 is 11.8 Å². The molecule has 0 saturated carbocycles. The average Bonchev–Trinajstić information content (AvgIpc) is 2.91. The van der Waals surface area contributed by atoms with Gasteiger partial charge >= 0.3 is 0 Å². The van der Waals surface area contributed by atoms with Crippen LogP contribution >= 0.6 is 0 Å². The number of nitrogens with zero attached hydrogens (tertiary/aromatic N) is 2. The number of carbonyl (C=O) groups is 2. The van der Waals surface area contributed by atoms with Crippen LogP contribution < -0.4 is 11.1 Å². The predicted octanol–water partition coefficient (Wildman–Crippen LogP) is 1.17. The van der Waals surface area contributed by atoms with E-state index in [1.807, 2.05) is 0 Å². The highest BCUT2D eigenvalue weighted by molar-refractivity contribution is 5.79. The number of imidazole rings is 1. The van der Waals surface area contributed by atoms with Gasteiger partial charge in [-0.2, -0.15) is 0 Å². The van der Waals surface area contributed by atoms with Gasteiger partial charge in [-0.1, -0.05) is 32.6 Å². The molecule has 0 fully saturated rings. The first-order chi connectivity index (χ1) is 11.0. The van der Waals surface area contributed by atoms with Gasteiger partial charge in [0.15, 0.2) is 0 Å². The van der Waals surface area contributed by atoms with Crippen molar-refractivity contribution in [3.8, 4) is 0 Å². The van der Waals surface area contributed by atoms with Crippen LogP contribution in [0.5, 0.6) is 0 Å². The number of hydrogen-bond donors (Lipinski definition) is 3. The van der Waals surface area contributed by atoms with E-state index >= 15 is 0 Å². The molecule has 0 saturated heterocycles. The van der Waals surface area contributed by atoms with Gasteiger partial charge in [-0.3, -0.25) is 9.59 Å². The third kappa shape index (κ3) is 6.81. The van der Waals surface area contributed by atoms with Crippen LogP contribution in [0, 0.1) is 0 Å². The third-order valence-corrected chi connectivity index (χ3v) is 3.78. The van der Waals surface area contributed by atoms with E-state index in [9.17, 15) is 14.7 Å². The molecule has 0 radical (unpaired) electrons. The van der Waals surface area contributed by atoms with Gasteiger partial charge in [-0.15, -0.1) is 0 Å². The molecule has 1 aromatic rings. The highest BCUT2D eigenvalue weighted by Crippen LogP contribution is 2.17. The van der Waals surface area contributed by atoms with Crippen molar-refractivity contribution in [2.75, 3.05) is 0 Å². The molecule has 1 aromatic heterocycles. The molecule has 1 unspecified atom stereocenters. The van der Waals surface area contributed by atoms with Gasteiger partial charge in [0.2, 0.25) is 11.8 Å². The van der Waals surface area contributed by atoms with Crippen molar-refractivity contribution < 1.29 is 14.7 Å². The van der Waals surface area contributed by atoms with Crippen molar-refractivity contribution in [3.63, 3.8) is 0 Å². The first kappa shape index (κ1) is 19.2. The number of unbranched alkanes of at least 4 members (excludes halogenated alkanes) is 4. The van der Waals surface area contributed by atoms with E-state index in [1.54, 1.807) is 24.0 Å². The van der Waals surface area contributed by atoms with Gasteiger partial charge in [0.05, 0.1) is 6.04 Å². The minimum absolute atomic E-state index is 0.129. The van der Waals surface area contributed by atoms with Gasteiger partial charge in [0.1, 0.15) is 11.9 Å². The average molecular weight is 324 g/mol. The molecule has 0 aliphatic rings. The molecule has 0 aliphatic heterocycles. The summed E-state index contributed by atoms with van der Waals surface area (Å²) < 4.78 is 1.65. The molecular formula is C16H28N4O3. The Morgan fingerprint density at radius 1 is 1.35 bits per heavy atom. The molecule has 0 spiro atoms. The second-order valence-corrected chi connectivity index (χ2v) is 5.85. The van der Waals surface area contributed by atoms with E-state index in [2.05, 4.69) is 17.2 Å². The van der Waals surface area contributed by atoms with E-state index in [1.165, 1.54) is 6.42 Å². The fourth-order valence-electron chi connectivity index (χ4n) is 2.47. The molecular weight excluding hydrogens is 296 g/mol. The maximum atomic E-state index is 12.0. The van der Waals surface area contributed by atoms with Crippen molar-refractivity contribution in [1.29, 1.82) is 0 Å². The normalized spacial score (nSPS) is 13.5. The number of nitrogens with two attached hydrogens (primary N) is 1. The first-order valence-electron chi connectivity index (χ1n) is 8.18. The number of hydrogen-bond acceptors (Lipinski definition) is 4. The maximum Gasteiger partial charge on any atom is 0.220 e. The number of amides is 2. The Morgan fingerprint density at radius 2 is 2.04 bits per heavy atom. The second-order valence-electron chi connectivity index (χ2n) is 5.85. The monoisotopic (exact) mass is 324 g/mol. The number of nitrogens with one attached hydrogen (secondary N) is 1. The van der Waals surface area contributed by atoms with Gasteiger partial charge in [0, 0.05) is 32.3 Å². The minimum atomic E-state index is -1.08. The van der Waals surface area contributed by atoms with Gasteiger partial charge in [0.25, 0.3) is 0 Å². The first-order valence-corrected chi connectivity index (χ1v) is 8.18. The van der Waals surface area contributed by atoms with Crippen LogP contribution in [0.2, 0.25) is 0 Å². The van der Waals surface area contributed by atoms with Gasteiger partial charge < -0.3 is 20.7 Å². The topological polar surface area (TPSA) is 110 Å². The third-order valence-electron chi connectivity index (χ3n) is 3.78. The van der Waals surface area contributed by atoms with E-state index in [4.69, 9.17) is 5.73 Å². The Morgan fingerprint density at radius 3 is 2.61 bits per heavy atom. The zero-order chi connectivity index (χ0) is 17.2. The summed E-state index contributed by atoms with van der Waals surface area (Å²) in [6.45, 7) is 2.14. The number of primary amides is 1. The van der Waals surface area contributed by atoms with Crippen LogP contribution in [0.4, 0.5) is 0 Å². The van der Waals surface area contributed by atoms with Crippen molar-refractivity contribution in [1.82, 2.24) is 14.9 Å². The molecule has 1 rings (SSSR count). The minimum Gasteiger partial charge on any atom is -0.383 e.